The van der Waals surface area contributed by atoms with Gasteiger partial charge in [-0.3, -0.25) is 0 Å². The Labute approximate surface area is 439 Å². The first-order chi connectivity index (χ1) is 35.8. The van der Waals surface area contributed by atoms with Crippen LogP contribution in [0.5, 0.6) is 0 Å². The highest BCUT2D eigenvalue weighted by Crippen LogP contribution is 2.71. The molecule has 0 aromatic heterocycles. The Hall–Kier alpha value is -1.04. The Bertz CT molecular complexity index is 1940. The second-order valence-corrected chi connectivity index (χ2v) is 24.3. The Morgan fingerprint density at radius 1 is 0.605 bits per heavy atom. The van der Waals surface area contributed by atoms with Gasteiger partial charge in [-0.15, -0.1) is 0 Å². The largest absolute Gasteiger partial charge is 0.394 e. The standard InChI is InChI=1S/C50H84O26/c1-18(16-68-43-38(63)35(60)33(58)27(13-51)71-43)5-8-50(67)19(2)31-25(76-50)10-22-20-9-30(56)49(66)12-26(23(54)11-48(49,4)21(20)6-7-47(22,31)3)70-45-39(64)36(61)41(29(15-53)73-45)74-46-40(65)42(34(59)28(14-52)72-46)75-44-37(62)32(57)24(55)17-69-44/h18-46,51-67H,5-17H2,1-4H3/t18-,19+,20-,21+,22+,23-,24-,25+,26-,27-,28-,29-,30-,31+,32+,33-,34-,35+,36-,37-,38-,39-,40-,41+,42+,43-,44+,45-,46+,47+,48-,49+,50-/m1/s1. The Morgan fingerprint density at radius 3 is 1.89 bits per heavy atom. The highest BCUT2D eigenvalue weighted by Gasteiger charge is 2.72. The van der Waals surface area contributed by atoms with Crippen molar-refractivity contribution in [1.29, 1.82) is 0 Å². The van der Waals surface area contributed by atoms with E-state index in [0.29, 0.717) is 19.3 Å². The van der Waals surface area contributed by atoms with Gasteiger partial charge in [-0.2, -0.15) is 0 Å². The van der Waals surface area contributed by atoms with E-state index in [9.17, 15) is 86.8 Å². The fourth-order valence-electron chi connectivity index (χ4n) is 15.4. The fourth-order valence-corrected chi connectivity index (χ4v) is 15.4. The van der Waals surface area contributed by atoms with Crippen molar-refractivity contribution in [2.45, 2.75) is 232 Å². The van der Waals surface area contributed by atoms with Gasteiger partial charge in [-0.05, 0) is 73.5 Å². The van der Waals surface area contributed by atoms with Crippen LogP contribution < -0.4 is 0 Å². The Kier molecular flexibility index (Phi) is 17.7. The van der Waals surface area contributed by atoms with Crippen LogP contribution >= 0.6 is 0 Å². The van der Waals surface area contributed by atoms with Gasteiger partial charge >= 0.3 is 0 Å². The van der Waals surface area contributed by atoms with Crippen LogP contribution in [0.2, 0.25) is 0 Å². The van der Waals surface area contributed by atoms with E-state index in [1.807, 2.05) is 20.8 Å². The van der Waals surface area contributed by atoms with E-state index in [1.165, 1.54) is 0 Å². The van der Waals surface area contributed by atoms with E-state index in [-0.39, 0.29) is 79.3 Å². The molecule has 5 aliphatic heterocycles. The van der Waals surface area contributed by atoms with Gasteiger partial charge in [0.15, 0.2) is 30.9 Å². The second kappa shape index (κ2) is 22.6. The van der Waals surface area contributed by atoms with Crippen molar-refractivity contribution in [2.75, 3.05) is 33.0 Å². The third-order valence-electron chi connectivity index (χ3n) is 19.9. The van der Waals surface area contributed by atoms with Crippen LogP contribution in [0, 0.1) is 46.3 Å². The highest BCUT2D eigenvalue weighted by atomic mass is 16.8. The SMILES string of the molecule is C[C@H](CC[C@@]1(O)O[C@H]2C[C@H]3[C@@H]4C[C@@H](O)[C@@]5(O)C[C@@H](O[C@@H]6O[C@H](CO)[C@H](O[C@@H]7O[C@H](CO)[C@@H](O)[C@H](O[C@@H]8OC[C@@H](O)[C@H](O)[C@H]8O)[C@H]7O)[C@H](O)[C@H]6O)[C@H](O)C[C@]5(C)[C@H]4CC[C@]3(C)[C@H]2[C@@H]1C)CO[C@@H]1O[C@H](CO)[C@@H](O)[C@H](O)[C@H]1O. The summed E-state index contributed by atoms with van der Waals surface area (Å²) in [5, 5.41) is 185. The molecule has 76 heavy (non-hydrogen) atoms. The van der Waals surface area contributed by atoms with Crippen molar-refractivity contribution in [2.24, 2.45) is 46.3 Å². The van der Waals surface area contributed by atoms with Gasteiger partial charge in [0.05, 0.1) is 63.1 Å². The fraction of sp³-hybridized carbons (Fsp3) is 1.00. The van der Waals surface area contributed by atoms with Crippen molar-refractivity contribution in [3.63, 3.8) is 0 Å². The quantitative estimate of drug-likeness (QED) is 0.0678. The summed E-state index contributed by atoms with van der Waals surface area (Å²) in [5.74, 6) is -2.11. The van der Waals surface area contributed by atoms with Gasteiger partial charge in [0.25, 0.3) is 0 Å². The first-order valence-corrected chi connectivity index (χ1v) is 27.0. The monoisotopic (exact) mass is 1100 g/mol. The van der Waals surface area contributed by atoms with Gasteiger partial charge in [0.1, 0.15) is 91.6 Å². The molecule has 33 atom stereocenters. The highest BCUT2D eigenvalue weighted by molar-refractivity contribution is 5.20. The van der Waals surface area contributed by atoms with E-state index in [4.69, 9.17) is 42.6 Å². The molecule has 9 rings (SSSR count). The third kappa shape index (κ3) is 10.1. The number of hydrogen-bond donors (Lipinski definition) is 17. The summed E-state index contributed by atoms with van der Waals surface area (Å²) in [5.41, 5.74) is -3.14. The van der Waals surface area contributed by atoms with E-state index in [0.717, 1.165) is 6.42 Å². The molecule has 0 aromatic carbocycles. The molecule has 440 valence electrons. The lowest BCUT2D eigenvalue weighted by Gasteiger charge is -2.66. The minimum Gasteiger partial charge on any atom is -0.394 e. The zero-order chi connectivity index (χ0) is 55.3. The Morgan fingerprint density at radius 2 is 1.21 bits per heavy atom. The van der Waals surface area contributed by atoms with Crippen molar-refractivity contribution in [3.05, 3.63) is 0 Å². The minimum absolute atomic E-state index is 0.0192. The number of aliphatic hydroxyl groups is 17. The summed E-state index contributed by atoms with van der Waals surface area (Å²) in [6.45, 7) is 5.33. The maximum Gasteiger partial charge on any atom is 0.187 e. The molecule has 0 amide bonds. The minimum atomic E-state index is -1.95. The van der Waals surface area contributed by atoms with Crippen LogP contribution in [-0.2, 0) is 42.6 Å². The molecule has 26 nitrogen and oxygen atoms in total. The molecule has 4 aliphatic carbocycles. The molecule has 0 radical (unpaired) electrons. The van der Waals surface area contributed by atoms with Crippen LogP contribution in [0.15, 0.2) is 0 Å². The average molecular weight is 1100 g/mol. The lowest BCUT2D eigenvalue weighted by Crippen LogP contribution is -2.71. The molecule has 0 spiro atoms. The summed E-state index contributed by atoms with van der Waals surface area (Å²) in [6, 6.07) is 0. The van der Waals surface area contributed by atoms with E-state index in [1.54, 1.807) is 0 Å². The second-order valence-electron chi connectivity index (χ2n) is 24.3. The zero-order valence-corrected chi connectivity index (χ0v) is 43.2. The number of fused-ring (bicyclic) bond motifs is 7. The van der Waals surface area contributed by atoms with Crippen LogP contribution in [0.1, 0.15) is 79.1 Å². The molecule has 4 saturated carbocycles. The number of rotatable bonds is 15. The number of hydrogen-bond acceptors (Lipinski definition) is 26. The van der Waals surface area contributed by atoms with Gasteiger partial charge in [0, 0.05) is 24.2 Å². The van der Waals surface area contributed by atoms with Gasteiger partial charge in [0.2, 0.25) is 0 Å². The summed E-state index contributed by atoms with van der Waals surface area (Å²) < 4.78 is 52.2. The zero-order valence-electron chi connectivity index (χ0n) is 43.2. The molecular weight excluding hydrogens is 1020 g/mol. The number of aliphatic hydroxyl groups excluding tert-OH is 15. The predicted octanol–water partition coefficient (Wildman–Crippen LogP) is -6.26. The molecule has 0 bridgehead atoms. The summed E-state index contributed by atoms with van der Waals surface area (Å²) in [4.78, 5) is 0. The van der Waals surface area contributed by atoms with Crippen molar-refractivity contribution < 1.29 is 129 Å². The molecular formula is C50H84O26. The van der Waals surface area contributed by atoms with Crippen molar-refractivity contribution in [1.82, 2.24) is 0 Å². The topological polar surface area (TPSA) is 427 Å². The third-order valence-corrected chi connectivity index (χ3v) is 19.9. The molecule has 0 aromatic rings. The first kappa shape index (κ1) is 59.6. The van der Waals surface area contributed by atoms with Crippen LogP contribution in [0.25, 0.3) is 0 Å². The summed E-state index contributed by atoms with van der Waals surface area (Å²) in [7, 11) is 0. The smallest absolute Gasteiger partial charge is 0.187 e. The maximum absolute atomic E-state index is 12.7. The molecule has 26 heteroatoms. The normalized spacial score (nSPS) is 56.8. The van der Waals surface area contributed by atoms with Crippen LogP contribution in [-0.4, -0.2) is 272 Å². The molecule has 9 fully saturated rings. The number of ether oxygens (including phenoxy) is 9. The molecule has 17 N–H and O–H groups in total. The Balaban J connectivity index is 0.811. The van der Waals surface area contributed by atoms with Crippen molar-refractivity contribution in [3.8, 4) is 0 Å². The summed E-state index contributed by atoms with van der Waals surface area (Å²) in [6.07, 6.45) is -32.7. The van der Waals surface area contributed by atoms with Gasteiger partial charge in [-0.1, -0.05) is 27.7 Å². The average Bonchev–Trinajstić information content (AvgIpc) is 3.96. The van der Waals surface area contributed by atoms with Crippen molar-refractivity contribution >= 4 is 0 Å². The van der Waals surface area contributed by atoms with E-state index >= 15 is 0 Å². The first-order valence-electron chi connectivity index (χ1n) is 27.0. The lowest BCUT2D eigenvalue weighted by atomic mass is 9.42. The maximum atomic E-state index is 12.7. The van der Waals surface area contributed by atoms with Gasteiger partial charge in [-0.25, -0.2) is 0 Å². The molecule has 5 heterocycles. The van der Waals surface area contributed by atoms with E-state index < -0.39 is 178 Å². The van der Waals surface area contributed by atoms with E-state index in [2.05, 4.69) is 6.92 Å². The molecule has 9 aliphatic rings. The van der Waals surface area contributed by atoms with Crippen LogP contribution in [0.3, 0.4) is 0 Å². The summed E-state index contributed by atoms with van der Waals surface area (Å²) >= 11 is 0. The predicted molar refractivity (Wildman–Crippen MR) is 250 cm³/mol. The molecule has 0 unspecified atom stereocenters. The molecule has 5 saturated heterocycles. The lowest BCUT2D eigenvalue weighted by molar-refractivity contribution is -0.381. The van der Waals surface area contributed by atoms with Crippen LogP contribution in [0.4, 0.5) is 0 Å². The van der Waals surface area contributed by atoms with Gasteiger partial charge < -0.3 is 129 Å².